The van der Waals surface area contributed by atoms with E-state index in [0.29, 0.717) is 24.9 Å². The lowest BCUT2D eigenvalue weighted by atomic mass is 9.94. The molecule has 0 aliphatic heterocycles. The van der Waals surface area contributed by atoms with E-state index in [9.17, 15) is 27.9 Å². The number of sulfonamides is 1. The molecule has 0 radical (unpaired) electrons. The van der Waals surface area contributed by atoms with Crippen molar-refractivity contribution in [1.82, 2.24) is 15.0 Å². The van der Waals surface area contributed by atoms with Crippen molar-refractivity contribution in [1.29, 1.82) is 0 Å². The molecule has 3 N–H and O–H groups in total. The van der Waals surface area contributed by atoms with E-state index in [1.54, 1.807) is 12.1 Å². The van der Waals surface area contributed by atoms with Gasteiger partial charge in [-0.25, -0.2) is 22.9 Å². The smallest absolute Gasteiger partial charge is 0.354 e. The summed E-state index contributed by atoms with van der Waals surface area (Å²) in [5.41, 5.74) is 1.95. The molecule has 0 saturated carbocycles. The largest absolute Gasteiger partial charge is 0.477 e. The van der Waals surface area contributed by atoms with Crippen molar-refractivity contribution in [3.8, 4) is 0 Å². The number of nitrogens with zero attached hydrogens (tertiary/aromatic N) is 1. The Morgan fingerprint density at radius 3 is 2.35 bits per heavy atom. The van der Waals surface area contributed by atoms with Crippen LogP contribution in [0.2, 0.25) is 0 Å². The number of carboxylic acid groups (broad SMARTS) is 1. The first kappa shape index (κ1) is 30.5. The molecule has 212 valence electrons. The number of rotatable bonds is 14. The van der Waals surface area contributed by atoms with Crippen molar-refractivity contribution in [3.05, 3.63) is 94.8 Å². The first-order valence-electron chi connectivity index (χ1n) is 13.3. The van der Waals surface area contributed by atoms with Crippen molar-refractivity contribution in [3.63, 3.8) is 0 Å². The molecule has 0 aliphatic carbocycles. The van der Waals surface area contributed by atoms with Crippen molar-refractivity contribution in [2.75, 3.05) is 6.54 Å². The Morgan fingerprint density at radius 1 is 1.00 bits per heavy atom. The van der Waals surface area contributed by atoms with Gasteiger partial charge in [-0.05, 0) is 53.6 Å². The monoisotopic (exact) mass is 565 g/mol. The minimum Gasteiger partial charge on any atom is -0.477 e. The molecule has 9 nitrogen and oxygen atoms in total. The number of carbonyl (C=O) groups is 3. The second-order valence-corrected chi connectivity index (χ2v) is 11.5. The Labute approximate surface area is 235 Å². The Kier molecular flexibility index (Phi) is 11.0. The lowest BCUT2D eigenvalue weighted by molar-refractivity contribution is -0.120. The van der Waals surface area contributed by atoms with E-state index < -0.39 is 21.9 Å². The zero-order valence-electron chi connectivity index (χ0n) is 22.7. The maximum absolute atomic E-state index is 12.9. The van der Waals surface area contributed by atoms with Gasteiger partial charge in [-0.15, -0.1) is 0 Å². The van der Waals surface area contributed by atoms with Gasteiger partial charge in [0.05, 0.1) is 16.9 Å². The predicted octanol–water partition coefficient (Wildman–Crippen LogP) is 4.17. The van der Waals surface area contributed by atoms with Crippen molar-refractivity contribution in [2.45, 2.75) is 57.3 Å². The minimum absolute atomic E-state index is 0.0332. The van der Waals surface area contributed by atoms with Gasteiger partial charge in [-0.1, -0.05) is 75.6 Å². The Morgan fingerprint density at radius 2 is 1.70 bits per heavy atom. The summed E-state index contributed by atoms with van der Waals surface area (Å²) >= 11 is 0. The number of aromatic nitrogens is 1. The van der Waals surface area contributed by atoms with E-state index >= 15 is 0 Å². The van der Waals surface area contributed by atoms with E-state index in [-0.39, 0.29) is 34.4 Å². The van der Waals surface area contributed by atoms with Crippen molar-refractivity contribution >= 4 is 27.8 Å². The quantitative estimate of drug-likeness (QED) is 0.266. The number of unbranched alkanes of at least 4 members (excludes halogenated alkanes) is 1. The molecule has 0 saturated heterocycles. The van der Waals surface area contributed by atoms with E-state index in [2.05, 4.69) is 17.2 Å². The summed E-state index contributed by atoms with van der Waals surface area (Å²) in [7, 11) is -4.18. The molecule has 0 fully saturated rings. The molecular weight excluding hydrogens is 530 g/mol. The van der Waals surface area contributed by atoms with E-state index in [0.717, 1.165) is 36.6 Å². The molecule has 0 aliphatic rings. The van der Waals surface area contributed by atoms with E-state index in [4.69, 9.17) is 0 Å². The molecule has 3 rings (SSSR count). The molecule has 3 aromatic rings. The fourth-order valence-corrected chi connectivity index (χ4v) is 5.25. The highest BCUT2D eigenvalue weighted by molar-refractivity contribution is 7.90. The number of hydrogen-bond donors (Lipinski definition) is 3. The molecule has 1 unspecified atom stereocenters. The van der Waals surface area contributed by atoms with E-state index in [1.165, 1.54) is 18.2 Å². The summed E-state index contributed by atoms with van der Waals surface area (Å²) in [6.07, 6.45) is 5.19. The first-order chi connectivity index (χ1) is 19.1. The van der Waals surface area contributed by atoms with Crippen molar-refractivity contribution < 1.29 is 27.9 Å². The number of pyridine rings is 1. The molecule has 2 amide bonds. The standard InChI is InChI=1S/C30H35N3O6S/c1-3-4-8-21(2)17-24-19-25(20-32-28(24)30(36)37)29(35)33-40(38,39)26-13-11-22(12-14-26)15-16-31-27(34)18-23-9-6-5-7-10-23/h5-7,9-14,19-21H,3-4,8,15-18H2,1-2H3,(H,31,34)(H,33,35)(H,36,37). The predicted molar refractivity (Wildman–Crippen MR) is 152 cm³/mol. The van der Waals surface area contributed by atoms with Crippen LogP contribution in [0.5, 0.6) is 0 Å². The molecule has 1 atom stereocenters. The van der Waals surface area contributed by atoms with Crippen LogP contribution in [0.1, 0.15) is 70.6 Å². The van der Waals surface area contributed by atoms with Gasteiger partial charge in [0.15, 0.2) is 5.69 Å². The van der Waals surface area contributed by atoms with Gasteiger partial charge in [-0.3, -0.25) is 9.59 Å². The molecule has 0 bridgehead atoms. The second-order valence-electron chi connectivity index (χ2n) is 9.83. The lowest BCUT2D eigenvalue weighted by Gasteiger charge is -2.14. The van der Waals surface area contributed by atoms with Crippen LogP contribution < -0.4 is 10.0 Å². The third kappa shape index (κ3) is 9.01. The molecule has 1 heterocycles. The van der Waals surface area contributed by atoms with Gasteiger partial charge >= 0.3 is 5.97 Å². The number of aromatic carboxylic acids is 1. The van der Waals surface area contributed by atoms with Gasteiger partial charge in [0.25, 0.3) is 15.9 Å². The number of benzene rings is 2. The highest BCUT2D eigenvalue weighted by Gasteiger charge is 2.22. The third-order valence-corrected chi connectivity index (χ3v) is 7.80. The van der Waals surface area contributed by atoms with Crippen LogP contribution in [-0.4, -0.2) is 42.8 Å². The summed E-state index contributed by atoms with van der Waals surface area (Å²) in [5.74, 6) is -2.01. The van der Waals surface area contributed by atoms with Crippen LogP contribution >= 0.6 is 0 Å². The van der Waals surface area contributed by atoms with Crippen LogP contribution in [0.15, 0.2) is 71.8 Å². The van der Waals surface area contributed by atoms with Gasteiger partial charge in [0.1, 0.15) is 0 Å². The number of hydrogen-bond acceptors (Lipinski definition) is 6. The van der Waals surface area contributed by atoms with Gasteiger partial charge < -0.3 is 10.4 Å². The van der Waals surface area contributed by atoms with Crippen LogP contribution in [0.3, 0.4) is 0 Å². The molecule has 1 aromatic heterocycles. The Balaban J connectivity index is 1.60. The third-order valence-electron chi connectivity index (χ3n) is 6.45. The number of carbonyl (C=O) groups excluding carboxylic acids is 2. The summed E-state index contributed by atoms with van der Waals surface area (Å²) in [5, 5.41) is 12.4. The number of amides is 2. The fourth-order valence-electron chi connectivity index (χ4n) is 4.28. The molecular formula is C30H35N3O6S. The van der Waals surface area contributed by atoms with Gasteiger partial charge in [-0.2, -0.15) is 0 Å². The minimum atomic E-state index is -4.18. The number of nitrogens with one attached hydrogen (secondary N) is 2. The maximum atomic E-state index is 12.9. The molecule has 2 aromatic carbocycles. The number of carboxylic acids is 1. The van der Waals surface area contributed by atoms with Crippen LogP contribution in [-0.2, 0) is 34.1 Å². The summed E-state index contributed by atoms with van der Waals surface area (Å²) in [6.45, 7) is 4.47. The Bertz CT molecular complexity index is 1420. The zero-order chi connectivity index (χ0) is 29.1. The fraction of sp³-hybridized carbons (Fsp3) is 0.333. The highest BCUT2D eigenvalue weighted by Crippen LogP contribution is 2.19. The average molecular weight is 566 g/mol. The summed E-state index contributed by atoms with van der Waals surface area (Å²) < 4.78 is 27.8. The maximum Gasteiger partial charge on any atom is 0.354 e. The molecule has 40 heavy (non-hydrogen) atoms. The summed E-state index contributed by atoms with van der Waals surface area (Å²) in [6, 6.07) is 16.8. The SMILES string of the molecule is CCCCC(C)Cc1cc(C(=O)NS(=O)(=O)c2ccc(CCNC(=O)Cc3ccccc3)cc2)cnc1C(=O)O. The molecule has 0 spiro atoms. The van der Waals surface area contributed by atoms with Gasteiger partial charge in [0.2, 0.25) is 5.91 Å². The second kappa shape index (κ2) is 14.4. The van der Waals surface area contributed by atoms with E-state index in [1.807, 2.05) is 42.0 Å². The topological polar surface area (TPSA) is 143 Å². The van der Waals surface area contributed by atoms with Crippen LogP contribution in [0.25, 0.3) is 0 Å². The van der Waals surface area contributed by atoms with Crippen LogP contribution in [0, 0.1) is 5.92 Å². The Hall–Kier alpha value is -4.05. The average Bonchev–Trinajstić information content (AvgIpc) is 2.92. The normalized spacial score (nSPS) is 11.9. The highest BCUT2D eigenvalue weighted by atomic mass is 32.2. The van der Waals surface area contributed by atoms with Gasteiger partial charge in [0, 0.05) is 12.7 Å². The zero-order valence-corrected chi connectivity index (χ0v) is 23.5. The lowest BCUT2D eigenvalue weighted by Crippen LogP contribution is -2.31. The first-order valence-corrected chi connectivity index (χ1v) is 14.8. The van der Waals surface area contributed by atoms with Crippen molar-refractivity contribution in [2.24, 2.45) is 5.92 Å². The summed E-state index contributed by atoms with van der Waals surface area (Å²) in [4.78, 5) is 40.4. The van der Waals surface area contributed by atoms with Crippen LogP contribution in [0.4, 0.5) is 0 Å². The molecule has 10 heteroatoms.